The van der Waals surface area contributed by atoms with Gasteiger partial charge >= 0.3 is 11.9 Å². The van der Waals surface area contributed by atoms with Crippen molar-refractivity contribution in [3.8, 4) is 0 Å². The molecule has 0 heterocycles. The number of aromatic carboxylic acids is 2. The molecule has 2 amide bonds. The highest BCUT2D eigenvalue weighted by atomic mass is 35.5. The normalized spacial score (nSPS) is 10.4. The number of nitrogens with one attached hydrogen (secondary N) is 2. The number of carboxylic acids is 2. The van der Waals surface area contributed by atoms with Gasteiger partial charge in [-0.2, -0.15) is 0 Å². The summed E-state index contributed by atoms with van der Waals surface area (Å²) in [6.07, 6.45) is 0. The van der Waals surface area contributed by atoms with Gasteiger partial charge in [-0.1, -0.05) is 23.2 Å². The first-order chi connectivity index (χ1) is 16.1. The number of carboxylic acid groups (broad SMARTS) is 2. The van der Waals surface area contributed by atoms with E-state index in [1.807, 2.05) is 0 Å². The quantitative estimate of drug-likeness (QED) is 0.294. The van der Waals surface area contributed by atoms with E-state index in [-0.39, 0.29) is 22.8 Å². The third kappa shape index (κ3) is 6.50. The molecule has 0 saturated heterocycles. The summed E-state index contributed by atoms with van der Waals surface area (Å²) in [7, 11) is 0. The molecule has 0 saturated carbocycles. The number of benzene rings is 3. The molecule has 174 valence electrons. The average molecular weight is 519 g/mol. The minimum absolute atomic E-state index is 0.129. The maximum absolute atomic E-state index is 12.5. The molecule has 0 spiro atoms. The van der Waals surface area contributed by atoms with Gasteiger partial charge in [-0.05, 0) is 60.7 Å². The van der Waals surface area contributed by atoms with Gasteiger partial charge in [-0.15, -0.1) is 11.8 Å². The molecule has 0 unspecified atom stereocenters. The Labute approximate surface area is 207 Å². The number of carbonyl (C=O) groups is 4. The minimum atomic E-state index is -1.42. The first kappa shape index (κ1) is 25.1. The second-order valence-electron chi connectivity index (χ2n) is 6.81. The summed E-state index contributed by atoms with van der Waals surface area (Å²) in [5, 5.41) is 24.4. The molecular weight excluding hydrogens is 503 g/mol. The Morgan fingerprint density at radius 1 is 0.735 bits per heavy atom. The number of halogens is 2. The number of anilines is 2. The smallest absolute Gasteiger partial charge is 0.336 e. The molecule has 0 aliphatic heterocycles. The maximum atomic E-state index is 12.5. The highest BCUT2D eigenvalue weighted by Gasteiger charge is 2.19. The average Bonchev–Trinajstić information content (AvgIpc) is 2.80. The molecule has 3 aromatic carbocycles. The molecule has 0 aliphatic carbocycles. The Morgan fingerprint density at radius 3 is 2.03 bits per heavy atom. The Morgan fingerprint density at radius 2 is 1.41 bits per heavy atom. The zero-order valence-corrected chi connectivity index (χ0v) is 19.5. The highest BCUT2D eigenvalue weighted by molar-refractivity contribution is 8.00. The lowest BCUT2D eigenvalue weighted by Gasteiger charge is -2.10. The number of hydrogen-bond donors (Lipinski definition) is 4. The lowest BCUT2D eigenvalue weighted by molar-refractivity contribution is -0.113. The first-order valence-electron chi connectivity index (χ1n) is 9.54. The van der Waals surface area contributed by atoms with E-state index in [0.717, 1.165) is 23.1 Å². The molecule has 0 fully saturated rings. The third-order valence-corrected chi connectivity index (χ3v) is 6.18. The molecule has 0 bridgehead atoms. The van der Waals surface area contributed by atoms with Crippen LogP contribution in [0.25, 0.3) is 0 Å². The molecular formula is C23H16Cl2N2O6S. The summed E-state index contributed by atoms with van der Waals surface area (Å²) in [5.74, 6) is -3.53. The second kappa shape index (κ2) is 11.1. The van der Waals surface area contributed by atoms with Crippen LogP contribution in [-0.4, -0.2) is 39.7 Å². The van der Waals surface area contributed by atoms with Gasteiger partial charge in [0.05, 0.1) is 32.5 Å². The fourth-order valence-electron chi connectivity index (χ4n) is 2.80. The Balaban J connectivity index is 1.60. The zero-order valence-electron chi connectivity index (χ0n) is 17.2. The van der Waals surface area contributed by atoms with E-state index in [4.69, 9.17) is 28.3 Å². The summed E-state index contributed by atoms with van der Waals surface area (Å²) in [6, 6.07) is 14.6. The van der Waals surface area contributed by atoms with Gasteiger partial charge in [0.15, 0.2) is 0 Å². The van der Waals surface area contributed by atoms with Gasteiger partial charge in [0.1, 0.15) is 0 Å². The van der Waals surface area contributed by atoms with Crippen LogP contribution in [0.5, 0.6) is 0 Å². The topological polar surface area (TPSA) is 133 Å². The van der Waals surface area contributed by atoms with Crippen LogP contribution >= 0.6 is 35.0 Å². The van der Waals surface area contributed by atoms with Crippen LogP contribution in [-0.2, 0) is 4.79 Å². The Hall–Kier alpha value is -3.53. The van der Waals surface area contributed by atoms with Crippen LogP contribution in [0.1, 0.15) is 31.1 Å². The lowest BCUT2D eigenvalue weighted by Crippen LogP contribution is -2.17. The summed E-state index contributed by atoms with van der Waals surface area (Å²) in [4.78, 5) is 48.0. The summed E-state index contributed by atoms with van der Waals surface area (Å²) < 4.78 is 0. The predicted molar refractivity (Wildman–Crippen MR) is 131 cm³/mol. The molecule has 3 aromatic rings. The summed E-state index contributed by atoms with van der Waals surface area (Å²) in [5.41, 5.74) is 0.0921. The van der Waals surface area contributed by atoms with E-state index in [0.29, 0.717) is 21.4 Å². The van der Waals surface area contributed by atoms with Gasteiger partial charge in [0.25, 0.3) is 5.91 Å². The fourth-order valence-corrected chi connectivity index (χ4v) is 3.80. The molecule has 11 heteroatoms. The number of rotatable bonds is 8. The molecule has 34 heavy (non-hydrogen) atoms. The number of thioether (sulfide) groups is 1. The van der Waals surface area contributed by atoms with E-state index in [1.54, 1.807) is 42.5 Å². The predicted octanol–water partition coefficient (Wildman–Crippen LogP) is 5.37. The van der Waals surface area contributed by atoms with E-state index < -0.39 is 23.4 Å². The monoisotopic (exact) mass is 518 g/mol. The lowest BCUT2D eigenvalue weighted by atomic mass is 10.0. The maximum Gasteiger partial charge on any atom is 0.336 e. The fraction of sp³-hybridized carbons (Fsp3) is 0.0435. The molecule has 0 aliphatic rings. The van der Waals surface area contributed by atoms with Gasteiger partial charge < -0.3 is 20.8 Å². The van der Waals surface area contributed by atoms with Crippen molar-refractivity contribution in [2.24, 2.45) is 0 Å². The van der Waals surface area contributed by atoms with E-state index in [2.05, 4.69) is 10.6 Å². The van der Waals surface area contributed by atoms with E-state index >= 15 is 0 Å². The largest absolute Gasteiger partial charge is 0.478 e. The van der Waals surface area contributed by atoms with Crippen molar-refractivity contribution in [3.05, 3.63) is 87.4 Å². The van der Waals surface area contributed by atoms with E-state index in [1.165, 1.54) is 11.8 Å². The molecule has 4 N–H and O–H groups in total. The van der Waals surface area contributed by atoms with Crippen molar-refractivity contribution in [1.82, 2.24) is 0 Å². The molecule has 3 rings (SSSR count). The Kier molecular flexibility index (Phi) is 8.17. The van der Waals surface area contributed by atoms with Crippen LogP contribution < -0.4 is 10.6 Å². The number of amides is 2. The van der Waals surface area contributed by atoms with Crippen LogP contribution in [0.15, 0.2) is 65.6 Å². The van der Waals surface area contributed by atoms with Crippen LogP contribution in [0.2, 0.25) is 10.0 Å². The van der Waals surface area contributed by atoms with Crippen molar-refractivity contribution in [2.75, 3.05) is 16.4 Å². The van der Waals surface area contributed by atoms with Gasteiger partial charge in [-0.3, -0.25) is 9.59 Å². The SMILES string of the molecule is O=C(CSc1ccc(NC(=O)c2ccc(C(=O)O)cc2C(=O)O)cc1)Nc1ccc(Cl)c(Cl)c1. The van der Waals surface area contributed by atoms with E-state index in [9.17, 15) is 24.3 Å². The van der Waals surface area contributed by atoms with Crippen molar-refractivity contribution < 1.29 is 29.4 Å². The minimum Gasteiger partial charge on any atom is -0.478 e. The van der Waals surface area contributed by atoms with Gasteiger partial charge in [0.2, 0.25) is 5.91 Å². The van der Waals surface area contributed by atoms with Crippen molar-refractivity contribution >= 4 is 70.1 Å². The molecule has 0 atom stereocenters. The number of hydrogen-bond acceptors (Lipinski definition) is 5. The van der Waals surface area contributed by atoms with Crippen LogP contribution in [0.3, 0.4) is 0 Å². The van der Waals surface area contributed by atoms with Gasteiger partial charge in [-0.25, -0.2) is 9.59 Å². The number of carbonyl (C=O) groups excluding carboxylic acids is 2. The Bertz CT molecular complexity index is 1280. The standard InChI is InChI=1S/C23H16Cl2N2O6S/c24-18-8-4-14(10-19(18)25)26-20(28)11-34-15-5-2-13(3-6-15)27-21(29)16-7-1-12(22(30)31)9-17(16)23(32)33/h1-10H,11H2,(H,26,28)(H,27,29)(H,30,31)(H,32,33). The molecule has 0 radical (unpaired) electrons. The molecule has 8 nitrogen and oxygen atoms in total. The zero-order chi connectivity index (χ0) is 24.8. The highest BCUT2D eigenvalue weighted by Crippen LogP contribution is 2.26. The first-order valence-corrected chi connectivity index (χ1v) is 11.3. The summed E-state index contributed by atoms with van der Waals surface area (Å²) in [6.45, 7) is 0. The van der Waals surface area contributed by atoms with Crippen LogP contribution in [0.4, 0.5) is 11.4 Å². The second-order valence-corrected chi connectivity index (χ2v) is 8.68. The van der Waals surface area contributed by atoms with Crippen molar-refractivity contribution in [3.63, 3.8) is 0 Å². The summed E-state index contributed by atoms with van der Waals surface area (Å²) >= 11 is 13.1. The van der Waals surface area contributed by atoms with Crippen molar-refractivity contribution in [2.45, 2.75) is 4.90 Å². The molecule has 0 aromatic heterocycles. The van der Waals surface area contributed by atoms with Crippen LogP contribution in [0, 0.1) is 0 Å². The van der Waals surface area contributed by atoms with Crippen molar-refractivity contribution in [1.29, 1.82) is 0 Å². The third-order valence-electron chi connectivity index (χ3n) is 4.43. The van der Waals surface area contributed by atoms with Gasteiger partial charge in [0, 0.05) is 16.3 Å².